The third-order valence-corrected chi connectivity index (χ3v) is 3.99. The summed E-state index contributed by atoms with van der Waals surface area (Å²) in [5, 5.41) is 3.52. The molecule has 1 rings (SSSR count). The van der Waals surface area contributed by atoms with Crippen molar-refractivity contribution in [1.82, 2.24) is 5.32 Å². The smallest absolute Gasteiger partial charge is 0.00669 e. The van der Waals surface area contributed by atoms with E-state index in [1.165, 1.54) is 51.4 Å². The quantitative estimate of drug-likeness (QED) is 0.732. The lowest BCUT2D eigenvalue weighted by atomic mass is 9.82. The van der Waals surface area contributed by atoms with Crippen LogP contribution in [0, 0.1) is 11.3 Å². The van der Waals surface area contributed by atoms with Crippen LogP contribution in [0.1, 0.15) is 72.1 Å². The number of hydrogen-bond donors (Lipinski definition) is 1. The van der Waals surface area contributed by atoms with Crippen LogP contribution in [0.4, 0.5) is 0 Å². The molecule has 0 aromatic carbocycles. The molecule has 1 heteroatoms. The van der Waals surface area contributed by atoms with Crippen LogP contribution < -0.4 is 5.32 Å². The summed E-state index contributed by atoms with van der Waals surface area (Å²) in [5.74, 6) is 1.01. The second-order valence-corrected chi connectivity index (χ2v) is 6.82. The van der Waals surface area contributed by atoms with Crippen molar-refractivity contribution in [2.75, 3.05) is 7.05 Å². The summed E-state index contributed by atoms with van der Waals surface area (Å²) < 4.78 is 0. The van der Waals surface area contributed by atoms with Gasteiger partial charge in [0.25, 0.3) is 0 Å². The van der Waals surface area contributed by atoms with Gasteiger partial charge in [0.1, 0.15) is 0 Å². The molecule has 1 aliphatic carbocycles. The Balaban J connectivity index is 2.25. The van der Waals surface area contributed by atoms with Crippen molar-refractivity contribution in [3.63, 3.8) is 0 Å². The van der Waals surface area contributed by atoms with Crippen LogP contribution in [-0.2, 0) is 0 Å². The molecule has 0 aliphatic heterocycles. The van der Waals surface area contributed by atoms with Crippen molar-refractivity contribution >= 4 is 0 Å². The summed E-state index contributed by atoms with van der Waals surface area (Å²) in [4.78, 5) is 0. The van der Waals surface area contributed by atoms with E-state index in [-0.39, 0.29) is 0 Å². The van der Waals surface area contributed by atoms with E-state index in [2.05, 4.69) is 33.1 Å². The van der Waals surface area contributed by atoms with E-state index in [1.807, 2.05) is 0 Å². The predicted octanol–water partition coefficient (Wildman–Crippen LogP) is 4.37. The SMILES string of the molecule is CNC(CCC(C)(C)C)CC1CCCCC1. The second-order valence-electron chi connectivity index (χ2n) is 6.82. The van der Waals surface area contributed by atoms with E-state index < -0.39 is 0 Å². The van der Waals surface area contributed by atoms with Gasteiger partial charge in [0, 0.05) is 6.04 Å². The fourth-order valence-corrected chi connectivity index (χ4v) is 2.81. The lowest BCUT2D eigenvalue weighted by Gasteiger charge is -2.28. The molecular weight excluding hydrogens is 194 g/mol. The van der Waals surface area contributed by atoms with E-state index in [1.54, 1.807) is 0 Å². The third kappa shape index (κ3) is 5.89. The molecule has 0 radical (unpaired) electrons. The van der Waals surface area contributed by atoms with Crippen LogP contribution in [0.3, 0.4) is 0 Å². The normalized spacial score (nSPS) is 21.0. The summed E-state index contributed by atoms with van der Waals surface area (Å²) in [7, 11) is 2.14. The van der Waals surface area contributed by atoms with Crippen LogP contribution in [0.5, 0.6) is 0 Å². The van der Waals surface area contributed by atoms with Gasteiger partial charge in [-0.1, -0.05) is 52.9 Å². The third-order valence-electron chi connectivity index (χ3n) is 3.99. The van der Waals surface area contributed by atoms with E-state index in [0.29, 0.717) is 5.41 Å². The van der Waals surface area contributed by atoms with Crippen molar-refractivity contribution in [3.05, 3.63) is 0 Å². The van der Waals surface area contributed by atoms with E-state index >= 15 is 0 Å². The van der Waals surface area contributed by atoms with Crippen LogP contribution in [-0.4, -0.2) is 13.1 Å². The molecule has 1 aliphatic rings. The molecule has 0 spiro atoms. The molecule has 96 valence electrons. The average molecular weight is 225 g/mol. The van der Waals surface area contributed by atoms with Crippen LogP contribution in [0.15, 0.2) is 0 Å². The van der Waals surface area contributed by atoms with Crippen LogP contribution in [0.25, 0.3) is 0 Å². The van der Waals surface area contributed by atoms with Gasteiger partial charge in [0.05, 0.1) is 0 Å². The monoisotopic (exact) mass is 225 g/mol. The molecule has 1 fully saturated rings. The summed E-state index contributed by atoms with van der Waals surface area (Å²) in [5.41, 5.74) is 0.488. The van der Waals surface area contributed by atoms with Crippen LogP contribution >= 0.6 is 0 Å². The molecule has 0 bridgehead atoms. The molecule has 1 nitrogen and oxygen atoms in total. The number of rotatable bonds is 5. The lowest BCUT2D eigenvalue weighted by Crippen LogP contribution is -2.29. The van der Waals surface area contributed by atoms with E-state index in [4.69, 9.17) is 0 Å². The molecule has 0 amide bonds. The fraction of sp³-hybridized carbons (Fsp3) is 1.00. The first-order valence-corrected chi connectivity index (χ1v) is 7.18. The van der Waals surface area contributed by atoms with Gasteiger partial charge in [-0.25, -0.2) is 0 Å². The van der Waals surface area contributed by atoms with Crippen LogP contribution in [0.2, 0.25) is 0 Å². The first-order valence-electron chi connectivity index (χ1n) is 7.18. The topological polar surface area (TPSA) is 12.0 Å². The molecular formula is C15H31N. The van der Waals surface area contributed by atoms with Crippen molar-refractivity contribution in [1.29, 1.82) is 0 Å². The van der Waals surface area contributed by atoms with Gasteiger partial charge in [0.2, 0.25) is 0 Å². The second kappa shape index (κ2) is 6.64. The Hall–Kier alpha value is -0.0400. The molecule has 0 aromatic rings. The summed E-state index contributed by atoms with van der Waals surface area (Å²) in [6.45, 7) is 7.04. The zero-order chi connectivity index (χ0) is 12.0. The van der Waals surface area contributed by atoms with Gasteiger partial charge < -0.3 is 5.32 Å². The highest BCUT2D eigenvalue weighted by molar-refractivity contribution is 4.75. The number of nitrogens with one attached hydrogen (secondary N) is 1. The van der Waals surface area contributed by atoms with Crippen molar-refractivity contribution < 1.29 is 0 Å². The Morgan fingerprint density at radius 1 is 1.12 bits per heavy atom. The molecule has 0 heterocycles. The lowest BCUT2D eigenvalue weighted by molar-refractivity contribution is 0.271. The van der Waals surface area contributed by atoms with Gasteiger partial charge in [0.15, 0.2) is 0 Å². The largest absolute Gasteiger partial charge is 0.317 e. The van der Waals surface area contributed by atoms with Crippen molar-refractivity contribution in [2.24, 2.45) is 11.3 Å². The molecule has 0 aromatic heterocycles. The summed E-state index contributed by atoms with van der Waals surface area (Å²) in [6.07, 6.45) is 11.5. The minimum absolute atomic E-state index is 0.488. The Labute approximate surface area is 102 Å². The van der Waals surface area contributed by atoms with Gasteiger partial charge in [-0.3, -0.25) is 0 Å². The molecule has 1 N–H and O–H groups in total. The van der Waals surface area contributed by atoms with Crippen molar-refractivity contribution in [2.45, 2.75) is 78.2 Å². The van der Waals surface area contributed by atoms with Crippen molar-refractivity contribution in [3.8, 4) is 0 Å². The fourth-order valence-electron chi connectivity index (χ4n) is 2.81. The summed E-state index contributed by atoms with van der Waals surface area (Å²) >= 11 is 0. The maximum absolute atomic E-state index is 3.52. The van der Waals surface area contributed by atoms with Gasteiger partial charge in [-0.15, -0.1) is 0 Å². The maximum atomic E-state index is 3.52. The molecule has 1 unspecified atom stereocenters. The zero-order valence-electron chi connectivity index (χ0n) is 11.8. The molecule has 1 saturated carbocycles. The molecule has 0 saturated heterocycles. The van der Waals surface area contributed by atoms with E-state index in [0.717, 1.165) is 12.0 Å². The first kappa shape index (κ1) is 14.0. The summed E-state index contributed by atoms with van der Waals surface area (Å²) in [6, 6.07) is 0.752. The Morgan fingerprint density at radius 2 is 1.75 bits per heavy atom. The highest BCUT2D eigenvalue weighted by atomic mass is 14.9. The van der Waals surface area contributed by atoms with Gasteiger partial charge >= 0.3 is 0 Å². The highest BCUT2D eigenvalue weighted by Gasteiger charge is 2.19. The zero-order valence-corrected chi connectivity index (χ0v) is 11.8. The molecule has 1 atom stereocenters. The average Bonchev–Trinajstić information content (AvgIpc) is 2.24. The van der Waals surface area contributed by atoms with Gasteiger partial charge in [-0.2, -0.15) is 0 Å². The van der Waals surface area contributed by atoms with E-state index in [9.17, 15) is 0 Å². The van der Waals surface area contributed by atoms with Gasteiger partial charge in [-0.05, 0) is 37.6 Å². The number of hydrogen-bond acceptors (Lipinski definition) is 1. The predicted molar refractivity (Wildman–Crippen MR) is 72.7 cm³/mol. The maximum Gasteiger partial charge on any atom is 0.00669 e. The minimum Gasteiger partial charge on any atom is -0.317 e. The Bertz CT molecular complexity index is 174. The molecule has 16 heavy (non-hydrogen) atoms. The Kier molecular flexibility index (Phi) is 5.82. The minimum atomic E-state index is 0.488. The Morgan fingerprint density at radius 3 is 2.25 bits per heavy atom. The highest BCUT2D eigenvalue weighted by Crippen LogP contribution is 2.29. The first-order chi connectivity index (χ1) is 7.51. The standard InChI is InChI=1S/C15H31N/c1-15(2,3)11-10-14(16-4)12-13-8-6-5-7-9-13/h13-14,16H,5-12H2,1-4H3.